The Labute approximate surface area is 126 Å². The fourth-order valence-corrected chi connectivity index (χ4v) is 2.60. The van der Waals surface area contributed by atoms with Gasteiger partial charge in [0.25, 0.3) is 5.91 Å². The summed E-state index contributed by atoms with van der Waals surface area (Å²) >= 11 is 0. The van der Waals surface area contributed by atoms with Crippen LogP contribution in [0.2, 0.25) is 0 Å². The third kappa shape index (κ3) is 3.43. The van der Waals surface area contributed by atoms with E-state index in [0.717, 1.165) is 5.56 Å². The maximum atomic E-state index is 12.3. The summed E-state index contributed by atoms with van der Waals surface area (Å²) in [5.74, 6) is -0.000420. The molecular weight excluding hydrogens is 264 g/mol. The number of hydrogen-bond donors (Lipinski definition) is 1. The van der Waals surface area contributed by atoms with Gasteiger partial charge in [-0.3, -0.25) is 9.59 Å². The Balaban J connectivity index is 2.04. The maximum absolute atomic E-state index is 12.3. The van der Waals surface area contributed by atoms with Crippen LogP contribution in [0.1, 0.15) is 48.7 Å². The van der Waals surface area contributed by atoms with Crippen molar-refractivity contribution in [3.8, 4) is 0 Å². The SMILES string of the molecule is Cc1ccc(C(=O)NC2CC(=O)N(C(C)(C)C)C2)cc1C. The lowest BCUT2D eigenvalue weighted by atomic mass is 10.1. The first-order chi connectivity index (χ1) is 9.68. The first kappa shape index (κ1) is 15.5. The van der Waals surface area contributed by atoms with Crippen LogP contribution in [-0.4, -0.2) is 34.8 Å². The highest BCUT2D eigenvalue weighted by Crippen LogP contribution is 2.22. The zero-order valence-corrected chi connectivity index (χ0v) is 13.5. The lowest BCUT2D eigenvalue weighted by Gasteiger charge is -2.32. The van der Waals surface area contributed by atoms with Crippen molar-refractivity contribution in [2.45, 2.75) is 52.6 Å². The number of nitrogens with zero attached hydrogens (tertiary/aromatic N) is 1. The maximum Gasteiger partial charge on any atom is 0.251 e. The molecular formula is C17H24N2O2. The van der Waals surface area contributed by atoms with E-state index >= 15 is 0 Å². The minimum atomic E-state index is -0.197. The molecule has 0 saturated carbocycles. The molecule has 1 unspecified atom stereocenters. The largest absolute Gasteiger partial charge is 0.347 e. The van der Waals surface area contributed by atoms with E-state index in [0.29, 0.717) is 18.5 Å². The van der Waals surface area contributed by atoms with Crippen molar-refractivity contribution in [2.24, 2.45) is 0 Å². The molecule has 0 bridgehead atoms. The van der Waals surface area contributed by atoms with Gasteiger partial charge < -0.3 is 10.2 Å². The number of rotatable bonds is 2. The van der Waals surface area contributed by atoms with Gasteiger partial charge in [0, 0.05) is 24.1 Å². The first-order valence-electron chi connectivity index (χ1n) is 7.37. The van der Waals surface area contributed by atoms with Gasteiger partial charge in [-0.25, -0.2) is 0 Å². The standard InChI is InChI=1S/C17H24N2O2/c1-11-6-7-13(8-12(11)2)16(21)18-14-9-15(20)19(10-14)17(3,4)5/h6-8,14H,9-10H2,1-5H3,(H,18,21). The summed E-state index contributed by atoms with van der Waals surface area (Å²) < 4.78 is 0. The van der Waals surface area contributed by atoms with Crippen molar-refractivity contribution in [1.29, 1.82) is 0 Å². The number of carbonyl (C=O) groups is 2. The summed E-state index contributed by atoms with van der Waals surface area (Å²) in [6, 6.07) is 5.57. The van der Waals surface area contributed by atoms with Crippen molar-refractivity contribution in [1.82, 2.24) is 10.2 Å². The van der Waals surface area contributed by atoms with E-state index in [2.05, 4.69) is 5.32 Å². The molecule has 0 radical (unpaired) electrons. The van der Waals surface area contributed by atoms with E-state index in [1.807, 2.05) is 57.7 Å². The van der Waals surface area contributed by atoms with Gasteiger partial charge in [-0.2, -0.15) is 0 Å². The quantitative estimate of drug-likeness (QED) is 0.908. The second-order valence-corrected chi connectivity index (χ2v) is 6.85. The molecule has 1 saturated heterocycles. The molecule has 21 heavy (non-hydrogen) atoms. The van der Waals surface area contributed by atoms with Crippen LogP contribution >= 0.6 is 0 Å². The predicted octanol–water partition coefficient (Wildman–Crippen LogP) is 2.43. The van der Waals surface area contributed by atoms with Crippen molar-refractivity contribution < 1.29 is 9.59 Å². The van der Waals surface area contributed by atoms with Crippen LogP contribution in [0.3, 0.4) is 0 Å². The zero-order valence-electron chi connectivity index (χ0n) is 13.5. The Morgan fingerprint density at radius 2 is 1.90 bits per heavy atom. The molecule has 1 aliphatic heterocycles. The molecule has 1 heterocycles. The van der Waals surface area contributed by atoms with Gasteiger partial charge in [-0.05, 0) is 57.9 Å². The van der Waals surface area contributed by atoms with Crippen LogP contribution < -0.4 is 5.32 Å². The van der Waals surface area contributed by atoms with Gasteiger partial charge in [0.05, 0.1) is 6.04 Å². The summed E-state index contributed by atoms with van der Waals surface area (Å²) in [5.41, 5.74) is 2.72. The average Bonchev–Trinajstić information content (AvgIpc) is 2.73. The van der Waals surface area contributed by atoms with Gasteiger partial charge in [-0.15, -0.1) is 0 Å². The highest BCUT2D eigenvalue weighted by molar-refractivity contribution is 5.95. The van der Waals surface area contributed by atoms with Gasteiger partial charge in [0.2, 0.25) is 5.91 Å². The molecule has 2 amide bonds. The number of likely N-dealkylation sites (tertiary alicyclic amines) is 1. The van der Waals surface area contributed by atoms with Crippen molar-refractivity contribution in [3.63, 3.8) is 0 Å². The van der Waals surface area contributed by atoms with Gasteiger partial charge in [0.15, 0.2) is 0 Å². The van der Waals surface area contributed by atoms with E-state index in [1.165, 1.54) is 5.56 Å². The Morgan fingerprint density at radius 3 is 2.43 bits per heavy atom. The Hall–Kier alpha value is -1.84. The fourth-order valence-electron chi connectivity index (χ4n) is 2.60. The highest BCUT2D eigenvalue weighted by Gasteiger charge is 2.36. The second-order valence-electron chi connectivity index (χ2n) is 6.85. The fraction of sp³-hybridized carbons (Fsp3) is 0.529. The van der Waals surface area contributed by atoms with Gasteiger partial charge in [-0.1, -0.05) is 6.07 Å². The Kier molecular flexibility index (Phi) is 4.08. The average molecular weight is 288 g/mol. The Bertz CT molecular complexity index is 573. The molecule has 0 aromatic heterocycles. The molecule has 1 fully saturated rings. The van der Waals surface area contributed by atoms with E-state index in [-0.39, 0.29) is 23.4 Å². The zero-order chi connectivity index (χ0) is 15.8. The molecule has 1 aromatic carbocycles. The van der Waals surface area contributed by atoms with Crippen LogP contribution in [0.15, 0.2) is 18.2 Å². The minimum Gasteiger partial charge on any atom is -0.347 e. The van der Waals surface area contributed by atoms with Crippen LogP contribution in [0, 0.1) is 13.8 Å². The third-order valence-corrected chi connectivity index (χ3v) is 4.04. The molecule has 0 aliphatic carbocycles. The van der Waals surface area contributed by atoms with Crippen molar-refractivity contribution >= 4 is 11.8 Å². The monoisotopic (exact) mass is 288 g/mol. The summed E-state index contributed by atoms with van der Waals surface area (Å²) in [4.78, 5) is 26.1. The van der Waals surface area contributed by atoms with Crippen molar-refractivity contribution in [2.75, 3.05) is 6.54 Å². The normalized spacial score (nSPS) is 19.0. The van der Waals surface area contributed by atoms with Crippen LogP contribution in [0.25, 0.3) is 0 Å². The molecule has 4 heteroatoms. The third-order valence-electron chi connectivity index (χ3n) is 4.04. The molecule has 1 N–H and O–H groups in total. The number of benzene rings is 1. The Morgan fingerprint density at radius 1 is 1.24 bits per heavy atom. The van der Waals surface area contributed by atoms with Crippen LogP contribution in [0.5, 0.6) is 0 Å². The van der Waals surface area contributed by atoms with Crippen LogP contribution in [0.4, 0.5) is 0 Å². The lowest BCUT2D eigenvalue weighted by Crippen LogP contribution is -2.44. The summed E-state index contributed by atoms with van der Waals surface area (Å²) in [7, 11) is 0. The topological polar surface area (TPSA) is 49.4 Å². The van der Waals surface area contributed by atoms with E-state index in [4.69, 9.17) is 0 Å². The molecule has 0 spiro atoms. The molecule has 114 valence electrons. The number of carbonyl (C=O) groups excluding carboxylic acids is 2. The van der Waals surface area contributed by atoms with Gasteiger partial charge in [0.1, 0.15) is 0 Å². The number of aryl methyl sites for hydroxylation is 2. The second kappa shape index (κ2) is 5.51. The smallest absolute Gasteiger partial charge is 0.251 e. The van der Waals surface area contributed by atoms with Gasteiger partial charge >= 0.3 is 0 Å². The molecule has 1 aliphatic rings. The molecule has 1 aromatic rings. The summed E-state index contributed by atoms with van der Waals surface area (Å²) in [6.07, 6.45) is 0.383. The van der Waals surface area contributed by atoms with Crippen molar-refractivity contribution in [3.05, 3.63) is 34.9 Å². The molecule has 4 nitrogen and oxygen atoms in total. The summed E-state index contributed by atoms with van der Waals surface area (Å²) in [5, 5.41) is 2.97. The number of amides is 2. The number of hydrogen-bond acceptors (Lipinski definition) is 2. The van der Waals surface area contributed by atoms with E-state index in [9.17, 15) is 9.59 Å². The molecule has 2 rings (SSSR count). The first-order valence-corrected chi connectivity index (χ1v) is 7.37. The van der Waals surface area contributed by atoms with E-state index in [1.54, 1.807) is 0 Å². The highest BCUT2D eigenvalue weighted by atomic mass is 16.2. The molecule has 1 atom stereocenters. The predicted molar refractivity (Wildman–Crippen MR) is 83.3 cm³/mol. The number of nitrogens with one attached hydrogen (secondary N) is 1. The van der Waals surface area contributed by atoms with E-state index < -0.39 is 0 Å². The van der Waals surface area contributed by atoms with Crippen LogP contribution in [-0.2, 0) is 4.79 Å². The summed E-state index contributed by atoms with van der Waals surface area (Å²) in [6.45, 7) is 10.6. The lowest BCUT2D eigenvalue weighted by molar-refractivity contribution is -0.131. The minimum absolute atomic E-state index is 0.105.